The Morgan fingerprint density at radius 3 is 1.40 bits per heavy atom. The van der Waals surface area contributed by atoms with Crippen LogP contribution in [-0.4, -0.2) is 68.5 Å². The van der Waals surface area contributed by atoms with Crippen molar-refractivity contribution in [1.29, 1.82) is 0 Å². The van der Waals surface area contributed by atoms with Crippen molar-refractivity contribution in [2.75, 3.05) is 40.9 Å². The molecular formula is C54H95N2O6P. The molecule has 362 valence electrons. The van der Waals surface area contributed by atoms with Gasteiger partial charge in [-0.3, -0.25) is 9.36 Å². The van der Waals surface area contributed by atoms with Gasteiger partial charge in [0.2, 0.25) is 5.91 Å². The number of unbranched alkanes of at least 4 members (excludes halogenated alkanes) is 15. The van der Waals surface area contributed by atoms with Crippen LogP contribution in [0, 0.1) is 0 Å². The number of likely N-dealkylation sites (N-methyl/N-ethyl adjacent to an activating group) is 1. The van der Waals surface area contributed by atoms with E-state index in [1.807, 2.05) is 21.1 Å². The summed E-state index contributed by atoms with van der Waals surface area (Å²) in [6.45, 7) is 4.46. The van der Waals surface area contributed by atoms with Crippen LogP contribution >= 0.6 is 7.82 Å². The maximum Gasteiger partial charge on any atom is 0.268 e. The summed E-state index contributed by atoms with van der Waals surface area (Å²) in [6, 6.07) is -0.802. The number of aliphatic hydroxyl groups is 1. The molecule has 0 aliphatic heterocycles. The Hall–Kier alpha value is -2.58. The molecule has 0 aliphatic carbocycles. The number of phosphoric acid groups is 1. The Morgan fingerprint density at radius 1 is 0.571 bits per heavy atom. The van der Waals surface area contributed by atoms with E-state index in [1.54, 1.807) is 0 Å². The zero-order valence-corrected chi connectivity index (χ0v) is 41.9. The Morgan fingerprint density at radius 2 is 0.968 bits per heavy atom. The fourth-order valence-electron chi connectivity index (χ4n) is 6.64. The first-order valence-electron chi connectivity index (χ1n) is 25.1. The van der Waals surface area contributed by atoms with Crippen molar-refractivity contribution in [1.82, 2.24) is 5.32 Å². The molecule has 63 heavy (non-hydrogen) atoms. The van der Waals surface area contributed by atoms with E-state index in [1.165, 1.54) is 64.2 Å². The highest BCUT2D eigenvalue weighted by Gasteiger charge is 2.24. The van der Waals surface area contributed by atoms with Crippen LogP contribution in [0.2, 0.25) is 0 Å². The highest BCUT2D eigenvalue weighted by molar-refractivity contribution is 7.45. The van der Waals surface area contributed by atoms with E-state index in [0.717, 1.165) is 96.3 Å². The molecule has 0 spiro atoms. The standard InChI is InChI=1S/C54H95N2O6P/c1-6-8-10-12-13-14-15-16-17-18-19-20-21-22-23-24-25-26-27-28-29-30-31-32-33-34-35-36-37-38-39-40-41-42-43-44-46-48-54(58)55-52(53(57)47-45-11-9-7-2)51-62-63(59,60)61-50-49-56(3,4)5/h8,10,13-14,16-17,19-20,22-23,25-26,28-29,31-32,52-53,57H,6-7,9,11-12,15,18,21,24,27,30,33-51H2,1-5H3,(H-,55,58,59,60)/b10-8-,14-13-,17-16-,20-19-,23-22-,26-25-,29-28-,32-31-. The number of aliphatic hydroxyl groups excluding tert-OH is 1. The second-order valence-electron chi connectivity index (χ2n) is 17.8. The molecule has 0 aromatic heterocycles. The first kappa shape index (κ1) is 60.4. The molecular weight excluding hydrogens is 804 g/mol. The van der Waals surface area contributed by atoms with Crippen LogP contribution in [0.4, 0.5) is 0 Å². The van der Waals surface area contributed by atoms with Gasteiger partial charge in [0.15, 0.2) is 0 Å². The molecule has 3 atom stereocenters. The van der Waals surface area contributed by atoms with Crippen LogP contribution in [0.1, 0.15) is 187 Å². The minimum absolute atomic E-state index is 0.00664. The number of rotatable bonds is 44. The molecule has 8 nitrogen and oxygen atoms in total. The number of allylic oxidation sites excluding steroid dienone is 16. The summed E-state index contributed by atoms with van der Waals surface area (Å²) in [6.07, 6.45) is 63.6. The molecule has 2 N–H and O–H groups in total. The van der Waals surface area contributed by atoms with Crippen molar-refractivity contribution in [3.05, 3.63) is 97.2 Å². The van der Waals surface area contributed by atoms with Crippen molar-refractivity contribution in [3.8, 4) is 0 Å². The number of amides is 1. The molecule has 3 unspecified atom stereocenters. The third kappa shape index (κ3) is 47.2. The third-order valence-corrected chi connectivity index (χ3v) is 11.6. The monoisotopic (exact) mass is 899 g/mol. The number of quaternary nitrogens is 1. The first-order chi connectivity index (χ1) is 30.5. The molecule has 1 amide bonds. The Labute approximate surface area is 388 Å². The van der Waals surface area contributed by atoms with Crippen LogP contribution in [0.3, 0.4) is 0 Å². The maximum atomic E-state index is 12.8. The molecule has 9 heteroatoms. The minimum Gasteiger partial charge on any atom is -0.756 e. The zero-order chi connectivity index (χ0) is 46.4. The van der Waals surface area contributed by atoms with Crippen LogP contribution < -0.4 is 10.2 Å². The topological polar surface area (TPSA) is 108 Å². The van der Waals surface area contributed by atoms with E-state index in [2.05, 4.69) is 116 Å². The highest BCUT2D eigenvalue weighted by Crippen LogP contribution is 2.38. The molecule has 0 aromatic rings. The van der Waals surface area contributed by atoms with Gasteiger partial charge in [-0.1, -0.05) is 201 Å². The molecule has 0 saturated carbocycles. The maximum absolute atomic E-state index is 12.8. The van der Waals surface area contributed by atoms with E-state index < -0.39 is 20.0 Å². The summed E-state index contributed by atoms with van der Waals surface area (Å²) in [7, 11) is 1.28. The fourth-order valence-corrected chi connectivity index (χ4v) is 7.36. The molecule has 0 fully saturated rings. The van der Waals surface area contributed by atoms with Gasteiger partial charge in [0.25, 0.3) is 7.82 Å². The predicted molar refractivity (Wildman–Crippen MR) is 269 cm³/mol. The summed E-state index contributed by atoms with van der Waals surface area (Å²) in [5.41, 5.74) is 0. The number of phosphoric ester groups is 1. The zero-order valence-electron chi connectivity index (χ0n) is 41.0. The van der Waals surface area contributed by atoms with Gasteiger partial charge in [0, 0.05) is 6.42 Å². The minimum atomic E-state index is -4.55. The fraction of sp³-hybridized carbons (Fsp3) is 0.685. The van der Waals surface area contributed by atoms with Crippen LogP contribution in [0.25, 0.3) is 0 Å². The second-order valence-corrected chi connectivity index (χ2v) is 19.2. The van der Waals surface area contributed by atoms with Gasteiger partial charge in [0.1, 0.15) is 13.2 Å². The van der Waals surface area contributed by atoms with Crippen molar-refractivity contribution in [2.45, 2.75) is 199 Å². The van der Waals surface area contributed by atoms with E-state index >= 15 is 0 Å². The van der Waals surface area contributed by atoms with Gasteiger partial charge < -0.3 is 28.8 Å². The summed E-state index contributed by atoms with van der Waals surface area (Å²) in [5.74, 6) is -0.181. The first-order valence-corrected chi connectivity index (χ1v) is 26.5. The van der Waals surface area contributed by atoms with Gasteiger partial charge in [0.05, 0.1) is 39.9 Å². The lowest BCUT2D eigenvalue weighted by Gasteiger charge is -2.30. The summed E-state index contributed by atoms with van der Waals surface area (Å²) in [4.78, 5) is 25.1. The number of carbonyl (C=O) groups excluding carboxylic acids is 1. The lowest BCUT2D eigenvalue weighted by molar-refractivity contribution is -0.870. The Balaban J connectivity index is 3.86. The number of hydrogen-bond donors (Lipinski definition) is 2. The average molecular weight is 899 g/mol. The predicted octanol–water partition coefficient (Wildman–Crippen LogP) is 14.1. The smallest absolute Gasteiger partial charge is 0.268 e. The SMILES string of the molecule is CC/C=C\C/C=C\C/C=C\C/C=C\C/C=C\C/C=C\C/C=C\C/C=C\CCCCCCCCCCCCCCC(=O)NC(COP(=O)([O-])OCC[N+](C)(C)C)C(O)CCCCCC. The van der Waals surface area contributed by atoms with E-state index in [4.69, 9.17) is 9.05 Å². The molecule has 0 heterocycles. The third-order valence-electron chi connectivity index (χ3n) is 10.6. The number of nitrogens with zero attached hydrogens (tertiary/aromatic N) is 1. The van der Waals surface area contributed by atoms with Gasteiger partial charge in [-0.05, 0) is 77.0 Å². The van der Waals surface area contributed by atoms with Crippen molar-refractivity contribution >= 4 is 13.7 Å². The molecule has 0 bridgehead atoms. The summed E-state index contributed by atoms with van der Waals surface area (Å²) in [5, 5.41) is 13.6. The number of carbonyl (C=O) groups is 1. The molecule has 0 radical (unpaired) electrons. The Bertz CT molecular complexity index is 1340. The molecule has 0 aromatic carbocycles. The van der Waals surface area contributed by atoms with Gasteiger partial charge >= 0.3 is 0 Å². The largest absolute Gasteiger partial charge is 0.756 e. The van der Waals surface area contributed by atoms with Crippen LogP contribution in [0.5, 0.6) is 0 Å². The average Bonchev–Trinajstić information content (AvgIpc) is 3.24. The van der Waals surface area contributed by atoms with Crippen LogP contribution in [0.15, 0.2) is 97.2 Å². The molecule has 0 aliphatic rings. The van der Waals surface area contributed by atoms with E-state index in [-0.39, 0.29) is 19.1 Å². The second kappa shape index (κ2) is 44.6. The summed E-state index contributed by atoms with van der Waals surface area (Å²) < 4.78 is 23.0. The number of nitrogens with one attached hydrogen (secondary N) is 1. The number of hydrogen-bond acceptors (Lipinski definition) is 6. The lowest BCUT2D eigenvalue weighted by Crippen LogP contribution is -2.46. The quantitative estimate of drug-likeness (QED) is 0.0273. The molecule has 0 rings (SSSR count). The van der Waals surface area contributed by atoms with Crippen molar-refractivity contribution < 1.29 is 32.9 Å². The summed E-state index contributed by atoms with van der Waals surface area (Å²) >= 11 is 0. The van der Waals surface area contributed by atoms with Crippen molar-refractivity contribution in [2.24, 2.45) is 0 Å². The normalized spacial score (nSPS) is 15.0. The van der Waals surface area contributed by atoms with Crippen LogP contribution in [-0.2, 0) is 18.4 Å². The van der Waals surface area contributed by atoms with Gasteiger partial charge in [-0.2, -0.15) is 0 Å². The van der Waals surface area contributed by atoms with E-state index in [9.17, 15) is 19.4 Å². The highest BCUT2D eigenvalue weighted by atomic mass is 31.2. The Kier molecular flexibility index (Phi) is 42.8. The van der Waals surface area contributed by atoms with Crippen molar-refractivity contribution in [3.63, 3.8) is 0 Å². The van der Waals surface area contributed by atoms with Gasteiger partial charge in [-0.15, -0.1) is 0 Å². The van der Waals surface area contributed by atoms with E-state index in [0.29, 0.717) is 23.9 Å². The van der Waals surface area contributed by atoms with Gasteiger partial charge in [-0.25, -0.2) is 0 Å². The molecule has 0 saturated heterocycles. The lowest BCUT2D eigenvalue weighted by atomic mass is 10.0.